The highest BCUT2D eigenvalue weighted by Crippen LogP contribution is 2.28. The summed E-state index contributed by atoms with van der Waals surface area (Å²) >= 11 is 1.50. The van der Waals surface area contributed by atoms with E-state index in [-0.39, 0.29) is 10.8 Å². The average molecular weight is 495 g/mol. The van der Waals surface area contributed by atoms with Gasteiger partial charge in [0, 0.05) is 17.4 Å². The van der Waals surface area contributed by atoms with Crippen LogP contribution in [-0.2, 0) is 16.6 Å². The van der Waals surface area contributed by atoms with Crippen LogP contribution >= 0.6 is 11.3 Å². The smallest absolute Gasteiger partial charge is 0.259 e. The summed E-state index contributed by atoms with van der Waals surface area (Å²) in [4.78, 5) is 14.2. The lowest BCUT2D eigenvalue weighted by Gasteiger charge is -2.20. The number of carbonyl (C=O) groups is 1. The first-order chi connectivity index (χ1) is 16.1. The molecule has 0 aliphatic heterocycles. The van der Waals surface area contributed by atoms with Gasteiger partial charge in [-0.05, 0) is 56.0 Å². The molecule has 0 aliphatic carbocycles. The SMILES string of the molecule is CC(C)(C)NS(=O)(=O)c1cccc(NC(=O)c2cn(Cc3ccccc3)nc2-c2cccs2)c1. The molecular formula is C25H26N4O3S2. The van der Waals surface area contributed by atoms with Crippen molar-refractivity contribution in [3.05, 3.63) is 89.4 Å². The average Bonchev–Trinajstić information content (AvgIpc) is 3.43. The normalized spacial score (nSPS) is 12.0. The number of nitrogens with one attached hydrogen (secondary N) is 2. The fourth-order valence-corrected chi connectivity index (χ4v) is 5.62. The molecule has 0 unspecified atom stereocenters. The van der Waals surface area contributed by atoms with Crippen LogP contribution in [0.2, 0.25) is 0 Å². The molecule has 2 heterocycles. The number of nitrogens with zero attached hydrogens (tertiary/aromatic N) is 2. The van der Waals surface area contributed by atoms with Crippen molar-refractivity contribution in [2.24, 2.45) is 0 Å². The van der Waals surface area contributed by atoms with E-state index in [4.69, 9.17) is 0 Å². The molecule has 2 aromatic carbocycles. The molecule has 0 saturated heterocycles. The summed E-state index contributed by atoms with van der Waals surface area (Å²) in [6, 6.07) is 19.9. The molecule has 34 heavy (non-hydrogen) atoms. The molecule has 0 radical (unpaired) electrons. The van der Waals surface area contributed by atoms with Crippen molar-refractivity contribution >= 4 is 33.0 Å². The highest BCUT2D eigenvalue weighted by Gasteiger charge is 2.23. The maximum atomic E-state index is 13.3. The van der Waals surface area contributed by atoms with Gasteiger partial charge in [0.05, 0.1) is 21.9 Å². The van der Waals surface area contributed by atoms with Gasteiger partial charge >= 0.3 is 0 Å². The van der Waals surface area contributed by atoms with Crippen molar-refractivity contribution in [1.82, 2.24) is 14.5 Å². The molecule has 1 amide bonds. The number of anilines is 1. The van der Waals surface area contributed by atoms with Crippen LogP contribution in [0, 0.1) is 0 Å². The van der Waals surface area contributed by atoms with Gasteiger partial charge in [0.1, 0.15) is 5.69 Å². The highest BCUT2D eigenvalue weighted by molar-refractivity contribution is 7.89. The van der Waals surface area contributed by atoms with Crippen LogP contribution < -0.4 is 10.0 Å². The van der Waals surface area contributed by atoms with Crippen LogP contribution in [-0.4, -0.2) is 29.6 Å². The zero-order chi connectivity index (χ0) is 24.3. The van der Waals surface area contributed by atoms with E-state index in [9.17, 15) is 13.2 Å². The molecular weight excluding hydrogens is 468 g/mol. The second-order valence-electron chi connectivity index (χ2n) is 8.89. The summed E-state index contributed by atoms with van der Waals surface area (Å²) in [5, 5.41) is 9.44. The molecule has 4 rings (SSSR count). The third kappa shape index (κ3) is 5.80. The Morgan fingerprint density at radius 2 is 1.79 bits per heavy atom. The molecule has 2 N–H and O–H groups in total. The van der Waals surface area contributed by atoms with Gasteiger partial charge in [-0.1, -0.05) is 42.5 Å². The minimum atomic E-state index is -3.73. The van der Waals surface area contributed by atoms with E-state index in [0.717, 1.165) is 10.4 Å². The molecule has 0 saturated carbocycles. The number of sulfonamides is 1. The van der Waals surface area contributed by atoms with Crippen molar-refractivity contribution in [1.29, 1.82) is 0 Å². The lowest BCUT2D eigenvalue weighted by Crippen LogP contribution is -2.40. The molecule has 0 spiro atoms. The van der Waals surface area contributed by atoms with Crippen LogP contribution in [0.3, 0.4) is 0 Å². The number of hydrogen-bond acceptors (Lipinski definition) is 5. The first-order valence-electron chi connectivity index (χ1n) is 10.7. The zero-order valence-corrected chi connectivity index (χ0v) is 20.8. The number of thiophene rings is 1. The maximum absolute atomic E-state index is 13.3. The Bertz CT molecular complexity index is 1390. The van der Waals surface area contributed by atoms with Crippen molar-refractivity contribution in [3.63, 3.8) is 0 Å². The Kier molecular flexibility index (Phi) is 6.70. The van der Waals surface area contributed by atoms with Gasteiger partial charge in [-0.25, -0.2) is 13.1 Å². The molecule has 2 aromatic heterocycles. The third-order valence-electron chi connectivity index (χ3n) is 4.79. The fraction of sp³-hybridized carbons (Fsp3) is 0.200. The molecule has 9 heteroatoms. The molecule has 0 aliphatic rings. The molecule has 0 bridgehead atoms. The number of carbonyl (C=O) groups excluding carboxylic acids is 1. The number of rotatable bonds is 7. The summed E-state index contributed by atoms with van der Waals surface area (Å²) < 4.78 is 29.8. The fourth-order valence-electron chi connectivity index (χ4n) is 3.44. The van der Waals surface area contributed by atoms with Gasteiger partial charge in [-0.3, -0.25) is 9.48 Å². The van der Waals surface area contributed by atoms with Crippen molar-refractivity contribution in [3.8, 4) is 10.6 Å². The van der Waals surface area contributed by atoms with Crippen LogP contribution in [0.5, 0.6) is 0 Å². The van der Waals surface area contributed by atoms with E-state index in [1.54, 1.807) is 43.8 Å². The Labute approximate surface area is 203 Å². The molecule has 0 atom stereocenters. The van der Waals surface area contributed by atoms with Gasteiger partial charge < -0.3 is 5.32 Å². The lowest BCUT2D eigenvalue weighted by molar-refractivity contribution is 0.102. The first kappa shape index (κ1) is 23.9. The summed E-state index contributed by atoms with van der Waals surface area (Å²) in [6.45, 7) is 5.85. The quantitative estimate of drug-likeness (QED) is 0.379. The van der Waals surface area contributed by atoms with Crippen molar-refractivity contribution in [2.45, 2.75) is 37.8 Å². The summed E-state index contributed by atoms with van der Waals surface area (Å²) in [5.41, 5.74) is 1.83. The number of hydrogen-bond donors (Lipinski definition) is 2. The molecule has 176 valence electrons. The van der Waals surface area contributed by atoms with Crippen molar-refractivity contribution < 1.29 is 13.2 Å². The van der Waals surface area contributed by atoms with Gasteiger partial charge in [0.15, 0.2) is 0 Å². The van der Waals surface area contributed by atoms with E-state index in [1.807, 2.05) is 47.8 Å². The maximum Gasteiger partial charge on any atom is 0.259 e. The second kappa shape index (κ2) is 9.54. The van der Waals surface area contributed by atoms with E-state index < -0.39 is 15.6 Å². The Morgan fingerprint density at radius 3 is 2.47 bits per heavy atom. The van der Waals surface area contributed by atoms with Crippen molar-refractivity contribution in [2.75, 3.05) is 5.32 Å². The summed E-state index contributed by atoms with van der Waals surface area (Å²) in [7, 11) is -3.73. The summed E-state index contributed by atoms with van der Waals surface area (Å²) in [6.07, 6.45) is 1.72. The third-order valence-corrected chi connectivity index (χ3v) is 7.42. The predicted molar refractivity (Wildman–Crippen MR) is 136 cm³/mol. The zero-order valence-electron chi connectivity index (χ0n) is 19.1. The molecule has 0 fully saturated rings. The number of benzene rings is 2. The lowest BCUT2D eigenvalue weighted by atomic mass is 10.1. The molecule has 7 nitrogen and oxygen atoms in total. The number of amides is 1. The highest BCUT2D eigenvalue weighted by atomic mass is 32.2. The van der Waals surface area contributed by atoms with Gasteiger partial charge in [0.25, 0.3) is 5.91 Å². The van der Waals surface area contributed by atoms with E-state index >= 15 is 0 Å². The topological polar surface area (TPSA) is 93.1 Å². The van der Waals surface area contributed by atoms with Gasteiger partial charge in [0.2, 0.25) is 10.0 Å². The number of aromatic nitrogens is 2. The Balaban J connectivity index is 1.62. The summed E-state index contributed by atoms with van der Waals surface area (Å²) in [5.74, 6) is -0.360. The predicted octanol–water partition coefficient (Wildman–Crippen LogP) is 4.99. The minimum absolute atomic E-state index is 0.0819. The van der Waals surface area contributed by atoms with Crippen LogP contribution in [0.25, 0.3) is 10.6 Å². The largest absolute Gasteiger partial charge is 0.322 e. The Hall–Kier alpha value is -3.27. The van der Waals surface area contributed by atoms with E-state index in [0.29, 0.717) is 23.5 Å². The standard InChI is InChI=1S/C25H26N4O3S2/c1-25(2,3)28-34(31,32)20-12-7-11-19(15-20)26-24(30)21-17-29(16-18-9-5-4-6-10-18)27-23(21)22-13-8-14-33-22/h4-15,17,28H,16H2,1-3H3,(H,26,30). The van der Waals surface area contributed by atoms with Crippen LogP contribution in [0.1, 0.15) is 36.7 Å². The van der Waals surface area contributed by atoms with Gasteiger partial charge in [-0.2, -0.15) is 5.10 Å². The monoisotopic (exact) mass is 494 g/mol. The minimum Gasteiger partial charge on any atom is -0.322 e. The van der Waals surface area contributed by atoms with E-state index in [1.165, 1.54) is 23.5 Å². The van der Waals surface area contributed by atoms with Crippen LogP contribution in [0.4, 0.5) is 5.69 Å². The molecule has 4 aromatic rings. The first-order valence-corrected chi connectivity index (χ1v) is 13.1. The van der Waals surface area contributed by atoms with Crippen LogP contribution in [0.15, 0.2) is 83.2 Å². The second-order valence-corrected chi connectivity index (χ2v) is 11.5. The van der Waals surface area contributed by atoms with E-state index in [2.05, 4.69) is 15.1 Å². The van der Waals surface area contributed by atoms with Gasteiger partial charge in [-0.15, -0.1) is 11.3 Å². The Morgan fingerprint density at radius 1 is 1.03 bits per heavy atom.